The lowest BCUT2D eigenvalue weighted by Crippen LogP contribution is -2.21. The van der Waals surface area contributed by atoms with Crippen LogP contribution in [0, 0.1) is 0 Å². The van der Waals surface area contributed by atoms with Crippen molar-refractivity contribution in [2.24, 2.45) is 0 Å². The van der Waals surface area contributed by atoms with E-state index in [1.165, 1.54) is 50.5 Å². The van der Waals surface area contributed by atoms with E-state index in [2.05, 4.69) is 10.6 Å². The van der Waals surface area contributed by atoms with Gasteiger partial charge in [-0.25, -0.2) is 13.2 Å². The number of carbonyl (C=O) groups excluding carboxylic acids is 2. The molecule has 1 heterocycles. The number of thiophene rings is 1. The lowest BCUT2D eigenvalue weighted by molar-refractivity contribution is 0.0963. The molecule has 23 heavy (non-hydrogen) atoms. The standard InChI is InChI=1S/C14H14N2O5S2/c1-15-13(17)9-4-3-5-10(8-9)23(19,20)12-7-6-11(22-12)21-14(18)16-2/h3-8H,1-2H3,(H,15,17)(H,16,18). The number of carbonyl (C=O) groups is 2. The summed E-state index contributed by atoms with van der Waals surface area (Å²) in [6.45, 7) is 0. The van der Waals surface area contributed by atoms with Crippen molar-refractivity contribution in [1.29, 1.82) is 0 Å². The van der Waals surface area contributed by atoms with Crippen LogP contribution < -0.4 is 15.4 Å². The van der Waals surface area contributed by atoms with Gasteiger partial charge in [0.15, 0.2) is 5.06 Å². The summed E-state index contributed by atoms with van der Waals surface area (Å²) in [6.07, 6.45) is -0.683. The summed E-state index contributed by atoms with van der Waals surface area (Å²) in [5.41, 5.74) is 0.243. The van der Waals surface area contributed by atoms with Crippen LogP contribution in [0.15, 0.2) is 45.5 Å². The van der Waals surface area contributed by atoms with E-state index >= 15 is 0 Å². The normalized spacial score (nSPS) is 10.9. The molecule has 9 heteroatoms. The zero-order valence-electron chi connectivity index (χ0n) is 12.3. The van der Waals surface area contributed by atoms with Gasteiger partial charge in [-0.1, -0.05) is 17.4 Å². The number of rotatable bonds is 4. The molecule has 0 saturated heterocycles. The van der Waals surface area contributed by atoms with Crippen molar-refractivity contribution in [3.63, 3.8) is 0 Å². The zero-order valence-corrected chi connectivity index (χ0v) is 14.0. The number of hydrogen-bond acceptors (Lipinski definition) is 6. The predicted octanol–water partition coefficient (Wildman–Crippen LogP) is 1.66. The van der Waals surface area contributed by atoms with Crippen molar-refractivity contribution >= 4 is 33.2 Å². The van der Waals surface area contributed by atoms with Gasteiger partial charge in [-0.2, -0.15) is 0 Å². The lowest BCUT2D eigenvalue weighted by Gasteiger charge is -2.04. The number of hydrogen-bond donors (Lipinski definition) is 2. The quantitative estimate of drug-likeness (QED) is 0.869. The van der Waals surface area contributed by atoms with E-state index in [1.54, 1.807) is 0 Å². The molecule has 1 aromatic carbocycles. The van der Waals surface area contributed by atoms with Crippen molar-refractivity contribution in [3.05, 3.63) is 42.0 Å². The number of nitrogens with one attached hydrogen (secondary N) is 2. The molecule has 2 amide bonds. The maximum Gasteiger partial charge on any atom is 0.413 e. The Hall–Kier alpha value is -2.39. The molecule has 7 nitrogen and oxygen atoms in total. The number of sulfone groups is 1. The Balaban J connectivity index is 2.35. The second kappa shape index (κ2) is 6.80. The molecular weight excluding hydrogens is 340 g/mol. The molecule has 0 aliphatic carbocycles. The van der Waals surface area contributed by atoms with Crippen LogP contribution in [0.1, 0.15) is 10.4 Å². The van der Waals surface area contributed by atoms with Crippen LogP contribution in [0.2, 0.25) is 0 Å². The van der Waals surface area contributed by atoms with Gasteiger partial charge in [0.1, 0.15) is 4.21 Å². The van der Waals surface area contributed by atoms with Gasteiger partial charge in [-0.15, -0.1) is 0 Å². The third kappa shape index (κ3) is 3.69. The van der Waals surface area contributed by atoms with E-state index in [4.69, 9.17) is 4.74 Å². The molecule has 0 spiro atoms. The number of amides is 2. The SMILES string of the molecule is CNC(=O)Oc1ccc(S(=O)(=O)c2cccc(C(=O)NC)c2)s1. The van der Waals surface area contributed by atoms with Crippen molar-refractivity contribution < 1.29 is 22.7 Å². The monoisotopic (exact) mass is 354 g/mol. The Morgan fingerprint density at radius 3 is 2.48 bits per heavy atom. The molecule has 122 valence electrons. The zero-order chi connectivity index (χ0) is 17.0. The van der Waals surface area contributed by atoms with Gasteiger partial charge >= 0.3 is 6.09 Å². The van der Waals surface area contributed by atoms with E-state index in [-0.39, 0.29) is 25.6 Å². The van der Waals surface area contributed by atoms with Crippen LogP contribution in [-0.2, 0) is 9.84 Å². The summed E-state index contributed by atoms with van der Waals surface area (Å²) >= 11 is 0.827. The molecule has 0 unspecified atom stereocenters. The molecule has 0 fully saturated rings. The molecule has 2 rings (SSSR count). The Morgan fingerprint density at radius 2 is 1.83 bits per heavy atom. The summed E-state index contributed by atoms with van der Waals surface area (Å²) in [5.74, 6) is -0.378. The lowest BCUT2D eigenvalue weighted by atomic mass is 10.2. The fourth-order valence-corrected chi connectivity index (χ4v) is 4.29. The summed E-state index contributed by atoms with van der Waals surface area (Å²) in [6, 6.07) is 8.47. The highest BCUT2D eigenvalue weighted by atomic mass is 32.2. The molecule has 0 radical (unpaired) electrons. The molecule has 2 N–H and O–H groups in total. The second-order valence-corrected chi connectivity index (χ2v) is 7.55. The van der Waals surface area contributed by atoms with Gasteiger partial charge in [0.05, 0.1) is 4.90 Å². The van der Waals surface area contributed by atoms with Crippen LogP contribution >= 0.6 is 11.3 Å². The smallest absolute Gasteiger partial charge is 0.399 e. The van der Waals surface area contributed by atoms with Gasteiger partial charge in [0.2, 0.25) is 9.84 Å². The first-order chi connectivity index (χ1) is 10.9. The van der Waals surface area contributed by atoms with Crippen LogP contribution in [-0.4, -0.2) is 34.5 Å². The van der Waals surface area contributed by atoms with Gasteiger partial charge in [0.25, 0.3) is 5.91 Å². The molecule has 1 aromatic heterocycles. The molecular formula is C14H14N2O5S2. The van der Waals surface area contributed by atoms with Crippen LogP contribution in [0.5, 0.6) is 5.06 Å². The summed E-state index contributed by atoms with van der Waals surface area (Å²) in [5, 5.41) is 4.87. The van der Waals surface area contributed by atoms with Gasteiger partial charge in [-0.05, 0) is 30.3 Å². The Morgan fingerprint density at radius 1 is 1.09 bits per heavy atom. The Labute approximate surface area is 137 Å². The third-order valence-electron chi connectivity index (χ3n) is 2.85. The second-order valence-electron chi connectivity index (χ2n) is 4.32. The van der Waals surface area contributed by atoms with E-state index < -0.39 is 15.9 Å². The van der Waals surface area contributed by atoms with Gasteiger partial charge < -0.3 is 15.4 Å². The topological polar surface area (TPSA) is 102 Å². The highest BCUT2D eigenvalue weighted by molar-refractivity contribution is 7.93. The van der Waals surface area contributed by atoms with Gasteiger partial charge in [0, 0.05) is 19.7 Å². The Kier molecular flexibility index (Phi) is 5.02. The maximum absolute atomic E-state index is 12.6. The average molecular weight is 354 g/mol. The highest BCUT2D eigenvalue weighted by Crippen LogP contribution is 2.32. The first kappa shape index (κ1) is 17.0. The van der Waals surface area contributed by atoms with Crippen molar-refractivity contribution in [2.75, 3.05) is 14.1 Å². The van der Waals surface area contributed by atoms with E-state index in [9.17, 15) is 18.0 Å². The molecule has 0 aliphatic heterocycles. The summed E-state index contributed by atoms with van der Waals surface area (Å²) in [7, 11) is -0.934. The third-order valence-corrected chi connectivity index (χ3v) is 6.06. The maximum atomic E-state index is 12.6. The minimum atomic E-state index is -3.80. The minimum Gasteiger partial charge on any atom is -0.399 e. The molecule has 0 atom stereocenters. The summed E-state index contributed by atoms with van der Waals surface area (Å²) < 4.78 is 30.1. The van der Waals surface area contributed by atoms with Crippen molar-refractivity contribution in [2.45, 2.75) is 9.10 Å². The molecule has 2 aromatic rings. The fraction of sp³-hybridized carbons (Fsp3) is 0.143. The van der Waals surface area contributed by atoms with E-state index in [0.717, 1.165) is 11.3 Å². The van der Waals surface area contributed by atoms with Crippen LogP contribution in [0.4, 0.5) is 4.79 Å². The number of ether oxygens (including phenoxy) is 1. The van der Waals surface area contributed by atoms with Crippen molar-refractivity contribution in [1.82, 2.24) is 10.6 Å². The van der Waals surface area contributed by atoms with E-state index in [0.29, 0.717) is 0 Å². The molecule has 0 aliphatic rings. The highest BCUT2D eigenvalue weighted by Gasteiger charge is 2.22. The fourth-order valence-electron chi connectivity index (χ4n) is 1.71. The largest absolute Gasteiger partial charge is 0.413 e. The predicted molar refractivity (Wildman–Crippen MR) is 84.7 cm³/mol. The van der Waals surface area contributed by atoms with E-state index in [1.807, 2.05) is 0 Å². The Bertz CT molecular complexity index is 842. The minimum absolute atomic E-state index is 0.00746. The van der Waals surface area contributed by atoms with Crippen LogP contribution in [0.3, 0.4) is 0 Å². The average Bonchev–Trinajstić information content (AvgIpc) is 3.03. The summed E-state index contributed by atoms with van der Waals surface area (Å²) in [4.78, 5) is 22.8. The van der Waals surface area contributed by atoms with Crippen molar-refractivity contribution in [3.8, 4) is 5.06 Å². The first-order valence-corrected chi connectivity index (χ1v) is 8.75. The van der Waals surface area contributed by atoms with Gasteiger partial charge in [-0.3, -0.25) is 4.79 Å². The molecule has 0 bridgehead atoms. The molecule has 0 saturated carbocycles. The number of benzene rings is 1. The first-order valence-electron chi connectivity index (χ1n) is 6.45. The van der Waals surface area contributed by atoms with Crippen LogP contribution in [0.25, 0.3) is 0 Å².